The van der Waals surface area contributed by atoms with Gasteiger partial charge in [0.1, 0.15) is 4.99 Å². The lowest BCUT2D eigenvalue weighted by Gasteiger charge is -2.17. The summed E-state index contributed by atoms with van der Waals surface area (Å²) in [6.45, 7) is 3.01. The second-order valence-electron chi connectivity index (χ2n) is 6.49. The molecule has 0 N–H and O–H groups in total. The Morgan fingerprint density at radius 1 is 1.12 bits per heavy atom. The number of para-hydroxylation sites is 1. The monoisotopic (exact) mass is 334 g/mol. The van der Waals surface area contributed by atoms with Crippen molar-refractivity contribution in [2.24, 2.45) is 0 Å². The quantitative estimate of drug-likeness (QED) is 0.499. The second kappa shape index (κ2) is 5.31. The molecule has 2 aliphatic rings. The Morgan fingerprint density at radius 3 is 2.83 bits per heavy atom. The van der Waals surface area contributed by atoms with Crippen LogP contribution in [0.2, 0.25) is 0 Å². The maximum Gasteiger partial charge on any atom is 0.161 e. The lowest BCUT2D eigenvalue weighted by Crippen LogP contribution is -2.26. The van der Waals surface area contributed by atoms with E-state index in [9.17, 15) is 0 Å². The number of benzene rings is 1. The van der Waals surface area contributed by atoms with E-state index in [0.29, 0.717) is 0 Å². The summed E-state index contributed by atoms with van der Waals surface area (Å²) in [5.74, 6) is 0.982. The van der Waals surface area contributed by atoms with E-state index in [0.717, 1.165) is 41.7 Å². The van der Waals surface area contributed by atoms with Crippen LogP contribution in [0.4, 0.5) is 0 Å². The number of hydrogen-bond donors (Lipinski definition) is 0. The molecular formula is C19H18N4S. The summed E-state index contributed by atoms with van der Waals surface area (Å²) in [7, 11) is 0. The average molecular weight is 334 g/mol. The summed E-state index contributed by atoms with van der Waals surface area (Å²) < 4.78 is 4.46. The first kappa shape index (κ1) is 14.0. The molecule has 120 valence electrons. The van der Waals surface area contributed by atoms with Gasteiger partial charge in [0.2, 0.25) is 0 Å². The van der Waals surface area contributed by atoms with Crippen LogP contribution in [0.25, 0.3) is 17.2 Å². The number of thiocarbonyl (C=S) groups is 1. The molecule has 4 nitrogen and oxygen atoms in total. The highest BCUT2D eigenvalue weighted by Gasteiger charge is 2.23. The smallest absolute Gasteiger partial charge is 0.161 e. The molecule has 0 aliphatic carbocycles. The van der Waals surface area contributed by atoms with Crippen molar-refractivity contribution in [3.05, 3.63) is 60.0 Å². The second-order valence-corrected chi connectivity index (χ2v) is 6.88. The van der Waals surface area contributed by atoms with Gasteiger partial charge < -0.3 is 9.47 Å². The van der Waals surface area contributed by atoms with Crippen molar-refractivity contribution in [1.29, 1.82) is 0 Å². The first-order valence-corrected chi connectivity index (χ1v) is 8.83. The van der Waals surface area contributed by atoms with Crippen molar-refractivity contribution < 1.29 is 0 Å². The highest BCUT2D eigenvalue weighted by atomic mass is 32.1. The molecule has 1 saturated heterocycles. The highest BCUT2D eigenvalue weighted by Crippen LogP contribution is 2.31. The Hall–Kier alpha value is -2.40. The lowest BCUT2D eigenvalue weighted by atomic mass is 10.2. The van der Waals surface area contributed by atoms with Crippen molar-refractivity contribution in [1.82, 2.24) is 19.0 Å². The third-order valence-electron chi connectivity index (χ3n) is 5.00. The van der Waals surface area contributed by atoms with Gasteiger partial charge in [0.05, 0.1) is 11.4 Å². The largest absolute Gasteiger partial charge is 0.362 e. The van der Waals surface area contributed by atoms with Crippen molar-refractivity contribution >= 4 is 17.2 Å². The third kappa shape index (κ3) is 2.04. The molecule has 2 aliphatic heterocycles. The van der Waals surface area contributed by atoms with E-state index in [-0.39, 0.29) is 0 Å². The SMILES string of the molecule is S=C(c1cc2n(c1)Cc1ccccc1-n1ccnc1-2)N1CCCC1. The summed E-state index contributed by atoms with van der Waals surface area (Å²) in [5.41, 5.74) is 4.77. The van der Waals surface area contributed by atoms with Gasteiger partial charge >= 0.3 is 0 Å². The fourth-order valence-corrected chi connectivity index (χ4v) is 4.09. The van der Waals surface area contributed by atoms with Crippen LogP contribution in [0, 0.1) is 0 Å². The van der Waals surface area contributed by atoms with Gasteiger partial charge in [-0.25, -0.2) is 4.98 Å². The molecule has 1 aromatic carbocycles. The number of fused-ring (bicyclic) bond motifs is 5. The fraction of sp³-hybridized carbons (Fsp3) is 0.263. The number of likely N-dealkylation sites (tertiary alicyclic amines) is 1. The topological polar surface area (TPSA) is 26.0 Å². The molecule has 5 rings (SSSR count). The number of imidazole rings is 1. The van der Waals surface area contributed by atoms with Gasteiger partial charge in [0.25, 0.3) is 0 Å². The Morgan fingerprint density at radius 2 is 1.96 bits per heavy atom. The van der Waals surface area contributed by atoms with Crippen LogP contribution in [0.3, 0.4) is 0 Å². The molecular weight excluding hydrogens is 316 g/mol. The Kier molecular flexibility index (Phi) is 3.10. The van der Waals surface area contributed by atoms with Crippen LogP contribution in [-0.4, -0.2) is 37.1 Å². The maximum atomic E-state index is 5.74. The van der Waals surface area contributed by atoms with E-state index in [4.69, 9.17) is 12.2 Å². The van der Waals surface area contributed by atoms with E-state index < -0.39 is 0 Å². The molecule has 2 aromatic heterocycles. The van der Waals surface area contributed by atoms with Gasteiger partial charge in [-0.3, -0.25) is 4.57 Å². The van der Waals surface area contributed by atoms with Crippen molar-refractivity contribution in [3.63, 3.8) is 0 Å². The molecule has 0 bridgehead atoms. The van der Waals surface area contributed by atoms with Crippen molar-refractivity contribution in [2.45, 2.75) is 19.4 Å². The summed E-state index contributed by atoms with van der Waals surface area (Å²) in [6.07, 6.45) is 8.58. The molecule has 3 aromatic rings. The van der Waals surface area contributed by atoms with Crippen molar-refractivity contribution in [2.75, 3.05) is 13.1 Å². The summed E-state index contributed by atoms with van der Waals surface area (Å²) in [4.78, 5) is 7.91. The molecule has 5 heteroatoms. The minimum absolute atomic E-state index is 0.845. The van der Waals surface area contributed by atoms with Crippen LogP contribution < -0.4 is 0 Å². The fourth-order valence-electron chi connectivity index (χ4n) is 3.80. The standard InChI is InChI=1S/C19H18N4S/c24-19(21-8-3-4-9-21)15-11-17-18-20-7-10-23(18)16-6-2-1-5-14(16)12-22(17)13-15/h1-2,5-7,10-11,13H,3-4,8-9,12H2. The molecule has 24 heavy (non-hydrogen) atoms. The Balaban J connectivity index is 1.64. The Labute approximate surface area is 146 Å². The average Bonchev–Trinajstić information content (AvgIpc) is 3.34. The van der Waals surface area contributed by atoms with Crippen LogP contribution in [0.15, 0.2) is 48.9 Å². The predicted molar refractivity (Wildman–Crippen MR) is 98.6 cm³/mol. The molecule has 0 radical (unpaired) electrons. The minimum Gasteiger partial charge on any atom is -0.362 e. The van der Waals surface area contributed by atoms with E-state index >= 15 is 0 Å². The zero-order valence-corrected chi connectivity index (χ0v) is 14.2. The molecule has 0 unspecified atom stereocenters. The summed E-state index contributed by atoms with van der Waals surface area (Å²) >= 11 is 5.74. The van der Waals surface area contributed by atoms with Gasteiger partial charge in [-0.05, 0) is 30.5 Å². The van der Waals surface area contributed by atoms with E-state index in [1.807, 2.05) is 12.4 Å². The van der Waals surface area contributed by atoms with E-state index in [1.54, 1.807) is 0 Å². The Bertz CT molecular complexity index is 931. The molecule has 0 atom stereocenters. The molecule has 0 saturated carbocycles. The first-order valence-electron chi connectivity index (χ1n) is 8.43. The molecule has 1 fully saturated rings. The zero-order valence-electron chi connectivity index (χ0n) is 13.4. The molecule has 4 heterocycles. The first-order chi connectivity index (χ1) is 11.8. The van der Waals surface area contributed by atoms with Crippen LogP contribution >= 0.6 is 12.2 Å². The number of rotatable bonds is 1. The summed E-state index contributed by atoms with van der Waals surface area (Å²) in [6, 6.07) is 10.7. The van der Waals surface area contributed by atoms with Crippen LogP contribution in [0.1, 0.15) is 24.0 Å². The molecule has 0 spiro atoms. The van der Waals surface area contributed by atoms with Gasteiger partial charge in [-0.2, -0.15) is 0 Å². The maximum absolute atomic E-state index is 5.74. The normalized spacial score (nSPS) is 15.6. The van der Waals surface area contributed by atoms with Gasteiger partial charge in [0.15, 0.2) is 5.82 Å². The number of hydrogen-bond acceptors (Lipinski definition) is 2. The van der Waals surface area contributed by atoms with Gasteiger partial charge in [-0.1, -0.05) is 30.4 Å². The van der Waals surface area contributed by atoms with E-state index in [2.05, 4.69) is 55.5 Å². The zero-order chi connectivity index (χ0) is 16.1. The number of aromatic nitrogens is 3. The summed E-state index contributed by atoms with van der Waals surface area (Å²) in [5, 5.41) is 0. The van der Waals surface area contributed by atoms with Gasteiger partial charge in [0, 0.05) is 43.8 Å². The third-order valence-corrected chi connectivity index (χ3v) is 5.49. The van der Waals surface area contributed by atoms with Crippen LogP contribution in [0.5, 0.6) is 0 Å². The highest BCUT2D eigenvalue weighted by molar-refractivity contribution is 7.80. The lowest BCUT2D eigenvalue weighted by molar-refractivity contribution is 0.530. The van der Waals surface area contributed by atoms with E-state index in [1.165, 1.54) is 24.1 Å². The number of nitrogens with zero attached hydrogens (tertiary/aromatic N) is 4. The van der Waals surface area contributed by atoms with Crippen molar-refractivity contribution in [3.8, 4) is 17.2 Å². The predicted octanol–water partition coefficient (Wildman–Crippen LogP) is 3.47. The van der Waals surface area contributed by atoms with Crippen LogP contribution in [-0.2, 0) is 6.54 Å². The minimum atomic E-state index is 0.845. The van der Waals surface area contributed by atoms with Gasteiger partial charge in [-0.15, -0.1) is 0 Å². The molecule has 0 amide bonds.